The first-order chi connectivity index (χ1) is 9.95. The van der Waals surface area contributed by atoms with Gasteiger partial charge in [0.25, 0.3) is 0 Å². The molecule has 0 aliphatic rings. The van der Waals surface area contributed by atoms with Gasteiger partial charge in [-0.05, 0) is 36.8 Å². The van der Waals surface area contributed by atoms with Crippen molar-refractivity contribution in [1.82, 2.24) is 0 Å². The minimum Gasteiger partial charge on any atom is -0.508 e. The molecule has 2 rings (SSSR count). The molecular weight excluding hydrogens is 293 g/mol. The minimum atomic E-state index is -0.685. The zero-order chi connectivity index (χ0) is 15.6. The molecule has 0 radical (unpaired) electrons. The number of phenols is 1. The summed E-state index contributed by atoms with van der Waals surface area (Å²) in [6.07, 6.45) is 0.547. The third kappa shape index (κ3) is 3.06. The fourth-order valence-electron chi connectivity index (χ4n) is 2.04. The number of carbonyl (C=O) groups excluding carboxylic acids is 1. The molecule has 5 heteroatoms. The van der Waals surface area contributed by atoms with Crippen LogP contribution in [0.15, 0.2) is 36.4 Å². The fraction of sp³-hybridized carbons (Fsp3) is 0.188. The maximum atomic E-state index is 14.6. The highest BCUT2D eigenvalue weighted by atomic mass is 35.5. The Labute approximate surface area is 127 Å². The maximum Gasteiger partial charge on any atom is 0.197 e. The molecule has 0 spiro atoms. The minimum absolute atomic E-state index is 0.0277. The van der Waals surface area contributed by atoms with Crippen molar-refractivity contribution in [3.63, 3.8) is 0 Å². The first-order valence-electron chi connectivity index (χ1n) is 6.53. The van der Waals surface area contributed by atoms with Gasteiger partial charge < -0.3 is 10.8 Å². The van der Waals surface area contributed by atoms with Crippen molar-refractivity contribution in [2.24, 2.45) is 5.73 Å². The van der Waals surface area contributed by atoms with E-state index in [-0.39, 0.29) is 27.5 Å². The van der Waals surface area contributed by atoms with Crippen LogP contribution in [0.2, 0.25) is 5.02 Å². The Morgan fingerprint density at radius 2 is 1.90 bits per heavy atom. The zero-order valence-corrected chi connectivity index (χ0v) is 12.2. The number of nitrogens with two attached hydrogens (primary N) is 1. The molecule has 3 nitrogen and oxygen atoms in total. The van der Waals surface area contributed by atoms with Crippen LogP contribution in [0.4, 0.5) is 4.39 Å². The second kappa shape index (κ2) is 6.24. The second-order valence-corrected chi connectivity index (χ2v) is 5.12. The first-order valence-corrected chi connectivity index (χ1v) is 6.90. The largest absolute Gasteiger partial charge is 0.508 e. The molecule has 0 heterocycles. The van der Waals surface area contributed by atoms with Crippen molar-refractivity contribution >= 4 is 17.4 Å². The van der Waals surface area contributed by atoms with Gasteiger partial charge in [-0.25, -0.2) is 4.39 Å². The van der Waals surface area contributed by atoms with Gasteiger partial charge >= 0.3 is 0 Å². The van der Waals surface area contributed by atoms with Crippen molar-refractivity contribution in [1.29, 1.82) is 0 Å². The van der Waals surface area contributed by atoms with Crippen LogP contribution in [0.25, 0.3) is 0 Å². The van der Waals surface area contributed by atoms with Gasteiger partial charge in [-0.3, -0.25) is 4.79 Å². The van der Waals surface area contributed by atoms with E-state index in [2.05, 4.69) is 0 Å². The van der Waals surface area contributed by atoms with Crippen molar-refractivity contribution in [2.45, 2.75) is 19.4 Å². The number of hydrogen-bond donors (Lipinski definition) is 2. The lowest BCUT2D eigenvalue weighted by Gasteiger charge is -2.14. The van der Waals surface area contributed by atoms with Crippen LogP contribution in [-0.2, 0) is 0 Å². The Hall–Kier alpha value is -1.91. The maximum absolute atomic E-state index is 14.6. The predicted octanol–water partition coefficient (Wildman–Crippen LogP) is 3.83. The zero-order valence-electron chi connectivity index (χ0n) is 11.4. The average Bonchev–Trinajstić information content (AvgIpc) is 2.47. The Kier molecular flexibility index (Phi) is 4.60. The summed E-state index contributed by atoms with van der Waals surface area (Å²) in [6, 6.07) is 8.04. The third-order valence-electron chi connectivity index (χ3n) is 3.32. The highest BCUT2D eigenvalue weighted by Gasteiger charge is 2.22. The van der Waals surface area contributed by atoms with Gasteiger partial charge in [0.1, 0.15) is 11.6 Å². The predicted molar refractivity (Wildman–Crippen MR) is 80.2 cm³/mol. The van der Waals surface area contributed by atoms with Crippen LogP contribution in [0.3, 0.4) is 0 Å². The second-order valence-electron chi connectivity index (χ2n) is 4.72. The highest BCUT2D eigenvalue weighted by Crippen LogP contribution is 2.29. The molecule has 2 aromatic rings. The van der Waals surface area contributed by atoms with Gasteiger partial charge in [-0.1, -0.05) is 24.6 Å². The van der Waals surface area contributed by atoms with E-state index in [1.54, 1.807) is 0 Å². The average molecular weight is 308 g/mol. The van der Waals surface area contributed by atoms with Crippen LogP contribution in [0.5, 0.6) is 5.75 Å². The van der Waals surface area contributed by atoms with Crippen molar-refractivity contribution in [2.75, 3.05) is 0 Å². The first kappa shape index (κ1) is 15.5. The highest BCUT2D eigenvalue weighted by molar-refractivity contribution is 6.35. The van der Waals surface area contributed by atoms with Crippen molar-refractivity contribution < 1.29 is 14.3 Å². The van der Waals surface area contributed by atoms with Crippen LogP contribution in [-0.4, -0.2) is 10.9 Å². The molecule has 21 heavy (non-hydrogen) atoms. The standard InChI is InChI=1S/C16H15ClFNO2/c1-2-13(19)11-7-8-12(17)14(15(11)18)16(21)9-3-5-10(20)6-4-9/h3-8,13,20H,2,19H2,1H3/t13-/m1/s1. The Morgan fingerprint density at radius 1 is 1.29 bits per heavy atom. The van der Waals surface area contributed by atoms with E-state index >= 15 is 0 Å². The summed E-state index contributed by atoms with van der Waals surface area (Å²) in [4.78, 5) is 12.4. The number of benzene rings is 2. The molecule has 0 saturated carbocycles. The lowest BCUT2D eigenvalue weighted by Crippen LogP contribution is -2.14. The lowest BCUT2D eigenvalue weighted by molar-refractivity contribution is 0.103. The van der Waals surface area contributed by atoms with Crippen LogP contribution in [0.1, 0.15) is 40.9 Å². The summed E-state index contributed by atoms with van der Waals surface area (Å²) in [5.74, 6) is -1.20. The molecule has 0 amide bonds. The molecule has 2 aromatic carbocycles. The molecule has 1 atom stereocenters. The summed E-state index contributed by atoms with van der Waals surface area (Å²) >= 11 is 5.97. The summed E-state index contributed by atoms with van der Waals surface area (Å²) in [6.45, 7) is 1.83. The number of carbonyl (C=O) groups is 1. The van der Waals surface area contributed by atoms with Gasteiger partial charge in [0.15, 0.2) is 5.78 Å². The van der Waals surface area contributed by atoms with Crippen molar-refractivity contribution in [3.8, 4) is 5.75 Å². The van der Waals surface area contributed by atoms with E-state index in [0.29, 0.717) is 6.42 Å². The monoisotopic (exact) mass is 307 g/mol. The molecule has 0 aliphatic carbocycles. The Balaban J connectivity index is 2.52. The van der Waals surface area contributed by atoms with E-state index in [9.17, 15) is 14.3 Å². The van der Waals surface area contributed by atoms with Crippen LogP contribution < -0.4 is 5.73 Å². The van der Waals surface area contributed by atoms with Gasteiger partial charge in [0.05, 0.1) is 10.6 Å². The number of halogens is 2. The van der Waals surface area contributed by atoms with Gasteiger partial charge in [-0.2, -0.15) is 0 Å². The molecular formula is C16H15ClFNO2. The molecule has 0 saturated heterocycles. The smallest absolute Gasteiger partial charge is 0.197 e. The normalized spacial score (nSPS) is 12.2. The Bertz CT molecular complexity index is 671. The summed E-state index contributed by atoms with van der Waals surface area (Å²) < 4.78 is 14.6. The Morgan fingerprint density at radius 3 is 2.48 bits per heavy atom. The van der Waals surface area contributed by atoms with E-state index in [0.717, 1.165) is 0 Å². The molecule has 0 fully saturated rings. The van der Waals surface area contributed by atoms with E-state index in [1.807, 2.05) is 6.92 Å². The molecule has 3 N–H and O–H groups in total. The fourth-order valence-corrected chi connectivity index (χ4v) is 2.27. The number of ketones is 1. The topological polar surface area (TPSA) is 63.3 Å². The van der Waals surface area contributed by atoms with Crippen LogP contribution >= 0.6 is 11.6 Å². The summed E-state index contributed by atoms with van der Waals surface area (Å²) in [5.41, 5.74) is 6.17. The van der Waals surface area contributed by atoms with Crippen LogP contribution in [0, 0.1) is 5.82 Å². The molecule has 0 aromatic heterocycles. The number of phenolic OH excluding ortho intramolecular Hbond substituents is 1. The number of hydrogen-bond acceptors (Lipinski definition) is 3. The summed E-state index contributed by atoms with van der Waals surface area (Å²) in [5, 5.41) is 9.28. The van der Waals surface area contributed by atoms with E-state index < -0.39 is 17.6 Å². The molecule has 0 bridgehead atoms. The van der Waals surface area contributed by atoms with Gasteiger partial charge in [-0.15, -0.1) is 0 Å². The lowest BCUT2D eigenvalue weighted by atomic mass is 9.96. The molecule has 0 unspecified atom stereocenters. The summed E-state index contributed by atoms with van der Waals surface area (Å²) in [7, 11) is 0. The SMILES string of the molecule is CC[C@@H](N)c1ccc(Cl)c(C(=O)c2ccc(O)cc2)c1F. The quantitative estimate of drug-likeness (QED) is 0.844. The van der Waals surface area contributed by atoms with E-state index in [1.165, 1.54) is 36.4 Å². The molecule has 0 aliphatic heterocycles. The third-order valence-corrected chi connectivity index (χ3v) is 3.63. The number of aromatic hydroxyl groups is 1. The van der Waals surface area contributed by atoms with Gasteiger partial charge in [0.2, 0.25) is 0 Å². The van der Waals surface area contributed by atoms with Gasteiger partial charge in [0, 0.05) is 17.2 Å². The molecule has 110 valence electrons. The number of rotatable bonds is 4. The van der Waals surface area contributed by atoms with E-state index in [4.69, 9.17) is 17.3 Å². The van der Waals surface area contributed by atoms with Crippen molar-refractivity contribution in [3.05, 3.63) is 63.9 Å².